The predicted molar refractivity (Wildman–Crippen MR) is 135 cm³/mol. The molecule has 176 valence electrons. The number of pyridine rings is 2. The zero-order valence-corrected chi connectivity index (χ0v) is 19.5. The first kappa shape index (κ1) is 22.5. The maximum Gasteiger partial charge on any atom is 0.234 e. The minimum absolute atomic E-state index is 0.128. The van der Waals surface area contributed by atoms with Gasteiger partial charge >= 0.3 is 0 Å². The molecule has 0 atom stereocenters. The number of carbonyl (C=O) groups is 1. The van der Waals surface area contributed by atoms with Gasteiger partial charge in [-0.2, -0.15) is 0 Å². The van der Waals surface area contributed by atoms with Crippen LogP contribution in [0.25, 0.3) is 11.1 Å². The monoisotopic (exact) mass is 456 g/mol. The molecule has 1 saturated heterocycles. The highest BCUT2D eigenvalue weighted by Gasteiger charge is 2.19. The van der Waals surface area contributed by atoms with Crippen LogP contribution < -0.4 is 10.6 Å². The van der Waals surface area contributed by atoms with Gasteiger partial charge in [-0.1, -0.05) is 18.2 Å². The van der Waals surface area contributed by atoms with Crippen LogP contribution in [0.1, 0.15) is 24.1 Å². The molecule has 0 spiro atoms. The normalized spacial score (nSPS) is 21.5. The number of amides is 1. The van der Waals surface area contributed by atoms with Gasteiger partial charge in [-0.25, -0.2) is 4.98 Å². The van der Waals surface area contributed by atoms with Crippen molar-refractivity contribution in [3.63, 3.8) is 0 Å². The van der Waals surface area contributed by atoms with E-state index >= 15 is 0 Å². The molecule has 8 bridgehead atoms. The average Bonchev–Trinajstić information content (AvgIpc) is 2.85. The van der Waals surface area contributed by atoms with E-state index in [-0.39, 0.29) is 5.91 Å². The summed E-state index contributed by atoms with van der Waals surface area (Å²) >= 11 is 0. The molecule has 2 aromatic heterocycles. The highest BCUT2D eigenvalue weighted by Crippen LogP contribution is 2.24. The van der Waals surface area contributed by atoms with E-state index in [1.807, 2.05) is 18.5 Å². The van der Waals surface area contributed by atoms with Crippen LogP contribution in [0.2, 0.25) is 0 Å². The van der Waals surface area contributed by atoms with E-state index in [0.29, 0.717) is 6.54 Å². The fourth-order valence-electron chi connectivity index (χ4n) is 4.60. The predicted octanol–water partition coefficient (Wildman–Crippen LogP) is 3.46. The van der Waals surface area contributed by atoms with Gasteiger partial charge in [0, 0.05) is 68.6 Å². The Morgan fingerprint density at radius 1 is 0.824 bits per heavy atom. The maximum absolute atomic E-state index is 12.3. The second-order valence-corrected chi connectivity index (χ2v) is 9.15. The molecule has 5 aliphatic heterocycles. The van der Waals surface area contributed by atoms with Crippen LogP contribution in [0.5, 0.6) is 0 Å². The first-order valence-electron chi connectivity index (χ1n) is 12.2. The first-order valence-corrected chi connectivity index (χ1v) is 12.2. The third kappa shape index (κ3) is 5.98. The summed E-state index contributed by atoms with van der Waals surface area (Å²) in [5, 5.41) is 6.55. The minimum Gasteiger partial charge on any atom is -0.355 e. The number of hydrogen-bond acceptors (Lipinski definition) is 6. The molecule has 3 aromatic rings. The van der Waals surface area contributed by atoms with E-state index < -0.39 is 0 Å². The van der Waals surface area contributed by atoms with Crippen molar-refractivity contribution >= 4 is 17.4 Å². The number of rotatable bonds is 0. The molecular weight excluding hydrogens is 424 g/mol. The van der Waals surface area contributed by atoms with Crippen molar-refractivity contribution in [3.8, 4) is 11.1 Å². The van der Waals surface area contributed by atoms with Gasteiger partial charge in [0.05, 0.1) is 6.54 Å². The molecule has 0 radical (unpaired) electrons. The van der Waals surface area contributed by atoms with Crippen LogP contribution in [0, 0.1) is 0 Å². The second-order valence-electron chi connectivity index (χ2n) is 9.15. The molecule has 8 rings (SSSR count). The van der Waals surface area contributed by atoms with Crippen molar-refractivity contribution < 1.29 is 4.79 Å². The number of nitrogens with one attached hydrogen (secondary N) is 2. The van der Waals surface area contributed by atoms with Crippen LogP contribution in [-0.4, -0.2) is 64.9 Å². The van der Waals surface area contributed by atoms with E-state index in [2.05, 4.69) is 72.9 Å². The molecule has 1 aromatic carbocycles. The number of piperazine rings is 1. The number of aryl methyl sites for hydroxylation is 1. The molecule has 7 nitrogen and oxygen atoms in total. The van der Waals surface area contributed by atoms with Gasteiger partial charge in [0.2, 0.25) is 5.91 Å². The number of benzene rings is 1. The van der Waals surface area contributed by atoms with E-state index in [1.54, 1.807) is 0 Å². The molecule has 5 aliphatic rings. The molecule has 0 saturated carbocycles. The smallest absolute Gasteiger partial charge is 0.234 e. The van der Waals surface area contributed by atoms with Crippen molar-refractivity contribution in [1.29, 1.82) is 0 Å². The summed E-state index contributed by atoms with van der Waals surface area (Å²) < 4.78 is 0. The molecule has 0 aliphatic carbocycles. The molecule has 1 amide bonds. The van der Waals surface area contributed by atoms with Crippen molar-refractivity contribution in [3.05, 3.63) is 72.2 Å². The lowest BCUT2D eigenvalue weighted by Gasteiger charge is -2.34. The summed E-state index contributed by atoms with van der Waals surface area (Å²) in [5.41, 5.74) is 5.55. The Morgan fingerprint density at radius 3 is 2.50 bits per heavy atom. The lowest BCUT2D eigenvalue weighted by Crippen LogP contribution is -2.49. The lowest BCUT2D eigenvalue weighted by molar-refractivity contribution is -0.122. The van der Waals surface area contributed by atoms with Crippen LogP contribution in [0.4, 0.5) is 11.5 Å². The van der Waals surface area contributed by atoms with E-state index in [4.69, 9.17) is 0 Å². The van der Waals surface area contributed by atoms with Crippen LogP contribution >= 0.6 is 0 Å². The standard InChI is InChI=1S/C27H32N6O/c34-27-20-33-14-12-32(13-15-33)19-21-4-3-6-25(16-21)31-26-17-22(9-11-28-26)23-7-8-24(30-18-23)5-1-2-10-29-27/h3-4,6-9,11,16-18H,1-2,5,10,12-15,19-20H2,(H,28,31)(H,29,34). The quantitative estimate of drug-likeness (QED) is 0.540. The van der Waals surface area contributed by atoms with Crippen molar-refractivity contribution in [2.45, 2.75) is 25.8 Å². The highest BCUT2D eigenvalue weighted by atomic mass is 16.2. The van der Waals surface area contributed by atoms with E-state index in [1.165, 1.54) is 5.56 Å². The zero-order valence-electron chi connectivity index (χ0n) is 19.5. The van der Waals surface area contributed by atoms with Crippen LogP contribution in [0.15, 0.2) is 60.9 Å². The molecular formula is C27H32N6O. The van der Waals surface area contributed by atoms with Crippen molar-refractivity contribution in [1.82, 2.24) is 25.1 Å². The summed E-state index contributed by atoms with van der Waals surface area (Å²) in [6.45, 7) is 5.90. The van der Waals surface area contributed by atoms with E-state index in [0.717, 1.165) is 86.9 Å². The molecule has 7 heterocycles. The lowest BCUT2D eigenvalue weighted by atomic mass is 10.1. The third-order valence-corrected chi connectivity index (χ3v) is 6.54. The topological polar surface area (TPSA) is 73.4 Å². The van der Waals surface area contributed by atoms with Gasteiger partial charge < -0.3 is 10.6 Å². The SMILES string of the molecule is O=C1CN2CCN(CC2)Cc2cccc(c2)Nc2cc(ccn2)-c2ccc(nc2)CCCCN1. The number of carbonyl (C=O) groups excluding carboxylic acids is 1. The fraction of sp³-hybridized carbons (Fsp3) is 0.370. The fourth-order valence-corrected chi connectivity index (χ4v) is 4.60. The first-order chi connectivity index (χ1) is 16.7. The summed E-state index contributed by atoms with van der Waals surface area (Å²) in [7, 11) is 0. The molecule has 34 heavy (non-hydrogen) atoms. The third-order valence-electron chi connectivity index (χ3n) is 6.54. The number of hydrogen-bond donors (Lipinski definition) is 2. The number of anilines is 2. The van der Waals surface area contributed by atoms with Crippen LogP contribution in [-0.2, 0) is 17.8 Å². The van der Waals surface area contributed by atoms with Gasteiger partial charge in [0.25, 0.3) is 0 Å². The summed E-state index contributed by atoms with van der Waals surface area (Å²) in [4.78, 5) is 26.2. The molecule has 7 heteroatoms. The Bertz CT molecular complexity index is 1110. The van der Waals surface area contributed by atoms with Gasteiger partial charge in [-0.15, -0.1) is 0 Å². The molecule has 2 N–H and O–H groups in total. The van der Waals surface area contributed by atoms with Crippen molar-refractivity contribution in [2.75, 3.05) is 44.6 Å². The highest BCUT2D eigenvalue weighted by molar-refractivity contribution is 5.78. The van der Waals surface area contributed by atoms with E-state index in [9.17, 15) is 4.79 Å². The van der Waals surface area contributed by atoms with Crippen LogP contribution in [0.3, 0.4) is 0 Å². The van der Waals surface area contributed by atoms with Gasteiger partial charge in [0.1, 0.15) is 5.82 Å². The summed E-state index contributed by atoms with van der Waals surface area (Å²) in [6, 6.07) is 16.8. The maximum atomic E-state index is 12.3. The average molecular weight is 457 g/mol. The van der Waals surface area contributed by atoms with Crippen molar-refractivity contribution in [2.24, 2.45) is 0 Å². The molecule has 1 fully saturated rings. The van der Waals surface area contributed by atoms with Gasteiger partial charge in [-0.05, 0) is 60.7 Å². The Labute approximate surface area is 201 Å². The Kier molecular flexibility index (Phi) is 7.12. The largest absolute Gasteiger partial charge is 0.355 e. The number of nitrogens with zero attached hydrogens (tertiary/aromatic N) is 4. The summed E-state index contributed by atoms with van der Waals surface area (Å²) in [6.07, 6.45) is 6.65. The second kappa shape index (κ2) is 10.8. The molecule has 0 unspecified atom stereocenters. The Hall–Kier alpha value is -3.29. The number of aromatic nitrogens is 2. The van der Waals surface area contributed by atoms with Gasteiger partial charge in [0.15, 0.2) is 0 Å². The Balaban J connectivity index is 1.35. The van der Waals surface area contributed by atoms with Gasteiger partial charge in [-0.3, -0.25) is 19.6 Å². The Morgan fingerprint density at radius 2 is 1.68 bits per heavy atom. The zero-order chi connectivity index (χ0) is 23.2. The summed E-state index contributed by atoms with van der Waals surface area (Å²) in [5.74, 6) is 0.950. The minimum atomic E-state index is 0.128.